The fraction of sp³-hybridized carbons (Fsp3) is 0.200. The molecule has 2 aromatic carbocycles. The third-order valence-electron chi connectivity index (χ3n) is 2.88. The molecule has 2 rings (SSSR count). The number of benzene rings is 2. The standard InChI is InChI=1S/C15H13ClF2O/c1-19-12-5-2-10(3-6-12)8-13(16)11-4-7-14(17)15(18)9-11/h2-7,9,13H,8H2,1H3. The number of rotatable bonds is 4. The maximum absolute atomic E-state index is 13.1. The van der Waals surface area contributed by atoms with Crippen molar-refractivity contribution in [1.82, 2.24) is 0 Å². The van der Waals surface area contributed by atoms with E-state index in [4.69, 9.17) is 16.3 Å². The van der Waals surface area contributed by atoms with E-state index in [1.165, 1.54) is 6.07 Å². The van der Waals surface area contributed by atoms with Crippen LogP contribution in [0.25, 0.3) is 0 Å². The summed E-state index contributed by atoms with van der Waals surface area (Å²) in [4.78, 5) is 0. The molecule has 1 unspecified atom stereocenters. The monoisotopic (exact) mass is 282 g/mol. The molecule has 0 fully saturated rings. The van der Waals surface area contributed by atoms with Gasteiger partial charge in [-0.15, -0.1) is 11.6 Å². The largest absolute Gasteiger partial charge is 0.497 e. The summed E-state index contributed by atoms with van der Waals surface area (Å²) in [6.07, 6.45) is 0.538. The van der Waals surface area contributed by atoms with E-state index in [-0.39, 0.29) is 0 Å². The van der Waals surface area contributed by atoms with Crippen LogP contribution in [0.2, 0.25) is 0 Å². The van der Waals surface area contributed by atoms with Gasteiger partial charge in [0.25, 0.3) is 0 Å². The lowest BCUT2D eigenvalue weighted by atomic mass is 10.0. The zero-order valence-corrected chi connectivity index (χ0v) is 11.1. The predicted molar refractivity (Wildman–Crippen MR) is 71.7 cm³/mol. The zero-order valence-electron chi connectivity index (χ0n) is 10.4. The molecule has 1 nitrogen and oxygen atoms in total. The van der Waals surface area contributed by atoms with E-state index in [1.807, 2.05) is 24.3 Å². The summed E-state index contributed by atoms with van der Waals surface area (Å²) in [5.74, 6) is -0.974. The van der Waals surface area contributed by atoms with Gasteiger partial charge in [-0.25, -0.2) is 8.78 Å². The zero-order chi connectivity index (χ0) is 13.8. The molecule has 0 aliphatic carbocycles. The average Bonchev–Trinajstić information content (AvgIpc) is 2.42. The van der Waals surface area contributed by atoms with Gasteiger partial charge < -0.3 is 4.74 Å². The van der Waals surface area contributed by atoms with Crippen molar-refractivity contribution in [1.29, 1.82) is 0 Å². The van der Waals surface area contributed by atoms with Crippen LogP contribution < -0.4 is 4.74 Å². The van der Waals surface area contributed by atoms with Crippen molar-refractivity contribution in [2.75, 3.05) is 7.11 Å². The van der Waals surface area contributed by atoms with E-state index >= 15 is 0 Å². The van der Waals surface area contributed by atoms with Crippen LogP contribution in [0.4, 0.5) is 8.78 Å². The lowest BCUT2D eigenvalue weighted by Gasteiger charge is -2.11. The van der Waals surface area contributed by atoms with Gasteiger partial charge in [0, 0.05) is 0 Å². The molecule has 0 N–H and O–H groups in total. The molecule has 2 aromatic rings. The Balaban J connectivity index is 2.10. The maximum Gasteiger partial charge on any atom is 0.159 e. The van der Waals surface area contributed by atoms with E-state index in [9.17, 15) is 8.78 Å². The average molecular weight is 283 g/mol. The maximum atomic E-state index is 13.1. The second kappa shape index (κ2) is 6.02. The topological polar surface area (TPSA) is 9.23 Å². The highest BCUT2D eigenvalue weighted by molar-refractivity contribution is 6.20. The minimum atomic E-state index is -0.877. The van der Waals surface area contributed by atoms with Crippen molar-refractivity contribution in [2.24, 2.45) is 0 Å². The molecule has 0 bridgehead atoms. The second-order valence-corrected chi connectivity index (χ2v) is 4.72. The van der Waals surface area contributed by atoms with Gasteiger partial charge in [-0.05, 0) is 41.8 Å². The van der Waals surface area contributed by atoms with Crippen LogP contribution in [0.15, 0.2) is 42.5 Å². The molecule has 0 saturated heterocycles. The SMILES string of the molecule is COc1ccc(CC(Cl)c2ccc(F)c(F)c2)cc1. The van der Waals surface area contributed by atoms with E-state index in [2.05, 4.69) is 0 Å². The van der Waals surface area contributed by atoms with Crippen LogP contribution in [-0.4, -0.2) is 7.11 Å². The minimum absolute atomic E-state index is 0.400. The van der Waals surface area contributed by atoms with Crippen LogP contribution >= 0.6 is 11.6 Å². The molecule has 0 radical (unpaired) electrons. The molecule has 0 aliphatic rings. The van der Waals surface area contributed by atoms with Gasteiger partial charge in [0.15, 0.2) is 11.6 Å². The summed E-state index contributed by atoms with van der Waals surface area (Å²) in [6.45, 7) is 0. The molecule has 19 heavy (non-hydrogen) atoms. The van der Waals surface area contributed by atoms with E-state index < -0.39 is 17.0 Å². The van der Waals surface area contributed by atoms with Crippen molar-refractivity contribution in [3.63, 3.8) is 0 Å². The Morgan fingerprint density at radius 2 is 1.74 bits per heavy atom. The van der Waals surface area contributed by atoms with Crippen LogP contribution in [0.5, 0.6) is 5.75 Å². The third kappa shape index (κ3) is 3.44. The van der Waals surface area contributed by atoms with Crippen molar-refractivity contribution >= 4 is 11.6 Å². The van der Waals surface area contributed by atoms with Crippen molar-refractivity contribution in [2.45, 2.75) is 11.8 Å². The molecule has 1 atom stereocenters. The van der Waals surface area contributed by atoms with Crippen LogP contribution in [0.1, 0.15) is 16.5 Å². The first-order chi connectivity index (χ1) is 9.10. The first-order valence-corrected chi connectivity index (χ1v) is 6.25. The lowest BCUT2D eigenvalue weighted by Crippen LogP contribution is -1.98. The molecule has 0 heterocycles. The predicted octanol–water partition coefficient (Wildman–Crippen LogP) is 4.50. The fourth-order valence-corrected chi connectivity index (χ4v) is 2.11. The summed E-state index contributed by atoms with van der Waals surface area (Å²) in [5, 5.41) is -0.400. The Kier molecular flexibility index (Phi) is 4.38. The summed E-state index contributed by atoms with van der Waals surface area (Å²) >= 11 is 6.22. The molecular weight excluding hydrogens is 270 g/mol. The second-order valence-electron chi connectivity index (χ2n) is 4.19. The van der Waals surface area contributed by atoms with Gasteiger partial charge in [-0.1, -0.05) is 18.2 Å². The Hall–Kier alpha value is -1.61. The number of ether oxygens (including phenoxy) is 1. The minimum Gasteiger partial charge on any atom is -0.497 e. The number of hydrogen-bond donors (Lipinski definition) is 0. The molecule has 0 saturated carbocycles. The number of methoxy groups -OCH3 is 1. The number of alkyl halides is 1. The fourth-order valence-electron chi connectivity index (χ4n) is 1.79. The molecule has 0 amide bonds. The quantitative estimate of drug-likeness (QED) is 0.751. The van der Waals surface area contributed by atoms with Gasteiger partial charge in [-0.3, -0.25) is 0 Å². The molecule has 0 spiro atoms. The summed E-state index contributed by atoms with van der Waals surface area (Å²) in [7, 11) is 1.60. The normalized spacial score (nSPS) is 12.2. The van der Waals surface area contributed by atoms with Crippen molar-refractivity contribution in [3.8, 4) is 5.75 Å². The van der Waals surface area contributed by atoms with Crippen molar-refractivity contribution < 1.29 is 13.5 Å². The molecule has 0 aromatic heterocycles. The van der Waals surface area contributed by atoms with Gasteiger partial charge in [0.1, 0.15) is 5.75 Å². The van der Waals surface area contributed by atoms with Crippen LogP contribution in [0.3, 0.4) is 0 Å². The molecular formula is C15H13ClF2O. The van der Waals surface area contributed by atoms with E-state index in [0.717, 1.165) is 23.4 Å². The van der Waals surface area contributed by atoms with Crippen molar-refractivity contribution in [3.05, 3.63) is 65.2 Å². The van der Waals surface area contributed by atoms with E-state index in [0.29, 0.717) is 12.0 Å². The third-order valence-corrected chi connectivity index (χ3v) is 3.29. The Morgan fingerprint density at radius 1 is 1.05 bits per heavy atom. The highest BCUT2D eigenvalue weighted by Crippen LogP contribution is 2.27. The van der Waals surface area contributed by atoms with Crippen LogP contribution in [0, 0.1) is 11.6 Å². The van der Waals surface area contributed by atoms with Gasteiger partial charge in [0.05, 0.1) is 12.5 Å². The van der Waals surface area contributed by atoms with Gasteiger partial charge in [-0.2, -0.15) is 0 Å². The molecule has 4 heteroatoms. The first-order valence-electron chi connectivity index (χ1n) is 5.82. The Bertz CT molecular complexity index is 555. The smallest absolute Gasteiger partial charge is 0.159 e. The Morgan fingerprint density at radius 3 is 2.32 bits per heavy atom. The van der Waals surface area contributed by atoms with Crippen LogP contribution in [-0.2, 0) is 6.42 Å². The number of hydrogen-bond acceptors (Lipinski definition) is 1. The summed E-state index contributed by atoms with van der Waals surface area (Å²) in [6, 6.07) is 11.2. The first kappa shape index (κ1) is 13.8. The molecule has 0 aliphatic heterocycles. The lowest BCUT2D eigenvalue weighted by molar-refractivity contribution is 0.414. The summed E-state index contributed by atoms with van der Waals surface area (Å²) < 4.78 is 31.0. The van der Waals surface area contributed by atoms with Gasteiger partial charge in [0.2, 0.25) is 0 Å². The highest BCUT2D eigenvalue weighted by Gasteiger charge is 2.12. The number of halogens is 3. The van der Waals surface area contributed by atoms with Gasteiger partial charge >= 0.3 is 0 Å². The highest BCUT2D eigenvalue weighted by atomic mass is 35.5. The molecule has 100 valence electrons. The summed E-state index contributed by atoms with van der Waals surface area (Å²) in [5.41, 5.74) is 1.57. The van der Waals surface area contributed by atoms with E-state index in [1.54, 1.807) is 7.11 Å². The Labute approximate surface area is 115 Å².